The molecule has 1 saturated heterocycles. The van der Waals surface area contributed by atoms with Crippen molar-refractivity contribution >= 4 is 28.2 Å². The Morgan fingerprint density at radius 3 is 2.62 bits per heavy atom. The molecular formula is C23H24N4O5. The summed E-state index contributed by atoms with van der Waals surface area (Å²) in [7, 11) is 0. The van der Waals surface area contributed by atoms with Crippen LogP contribution in [0.2, 0.25) is 0 Å². The standard InChI is InChI=1S/C23H24N4O5/c1-15-12-26(13-16(2)31-15)14-23(28)25-22-11-17(9-10-24-22)32-21-8-7-20(27(29)30)18-5-3-4-6-19(18)21/h3-11,15-16H,12-14H2,1-2H3,(H,24,25,28). The molecule has 2 aromatic carbocycles. The summed E-state index contributed by atoms with van der Waals surface area (Å²) in [6, 6.07) is 13.3. The number of nitro benzene ring substituents is 1. The maximum atomic E-state index is 12.5. The highest BCUT2D eigenvalue weighted by Crippen LogP contribution is 2.35. The highest BCUT2D eigenvalue weighted by Gasteiger charge is 2.24. The summed E-state index contributed by atoms with van der Waals surface area (Å²) in [6.45, 7) is 5.62. The summed E-state index contributed by atoms with van der Waals surface area (Å²) in [4.78, 5) is 29.7. The van der Waals surface area contributed by atoms with Gasteiger partial charge in [-0.3, -0.25) is 19.8 Å². The number of fused-ring (bicyclic) bond motifs is 1. The Bertz CT molecular complexity index is 1140. The number of hydrogen-bond acceptors (Lipinski definition) is 7. The first-order valence-electron chi connectivity index (χ1n) is 10.4. The van der Waals surface area contributed by atoms with Gasteiger partial charge in [0.05, 0.1) is 29.1 Å². The molecule has 1 aromatic heterocycles. The molecule has 1 aliphatic heterocycles. The number of nitrogens with one attached hydrogen (secondary N) is 1. The highest BCUT2D eigenvalue weighted by molar-refractivity contribution is 5.95. The molecule has 0 saturated carbocycles. The van der Waals surface area contributed by atoms with Crippen LogP contribution in [-0.2, 0) is 9.53 Å². The summed E-state index contributed by atoms with van der Waals surface area (Å²) in [5.41, 5.74) is 0.0161. The van der Waals surface area contributed by atoms with Gasteiger partial charge < -0.3 is 14.8 Å². The van der Waals surface area contributed by atoms with Gasteiger partial charge in [-0.25, -0.2) is 4.98 Å². The number of hydrogen-bond donors (Lipinski definition) is 1. The maximum absolute atomic E-state index is 12.5. The molecule has 0 radical (unpaired) electrons. The third kappa shape index (κ3) is 5.01. The molecule has 1 N–H and O–H groups in total. The van der Waals surface area contributed by atoms with Crippen LogP contribution in [0.5, 0.6) is 11.5 Å². The molecule has 0 aliphatic carbocycles. The maximum Gasteiger partial charge on any atom is 0.277 e. The van der Waals surface area contributed by atoms with Crippen molar-refractivity contribution < 1.29 is 19.2 Å². The average Bonchev–Trinajstić information content (AvgIpc) is 2.73. The van der Waals surface area contributed by atoms with Crippen molar-refractivity contribution in [1.29, 1.82) is 0 Å². The number of carbonyl (C=O) groups excluding carboxylic acids is 1. The van der Waals surface area contributed by atoms with Gasteiger partial charge in [-0.05, 0) is 32.0 Å². The van der Waals surface area contributed by atoms with Gasteiger partial charge in [0.1, 0.15) is 17.3 Å². The zero-order valence-corrected chi connectivity index (χ0v) is 17.9. The van der Waals surface area contributed by atoms with Crippen molar-refractivity contribution in [3.63, 3.8) is 0 Å². The molecule has 1 aliphatic rings. The van der Waals surface area contributed by atoms with Gasteiger partial charge in [0, 0.05) is 36.8 Å². The number of nitro groups is 1. The average molecular weight is 436 g/mol. The van der Waals surface area contributed by atoms with Crippen molar-refractivity contribution in [3.05, 3.63) is 64.8 Å². The Hall–Kier alpha value is -3.56. The van der Waals surface area contributed by atoms with E-state index in [1.54, 1.807) is 42.5 Å². The van der Waals surface area contributed by atoms with Crippen molar-refractivity contribution in [3.8, 4) is 11.5 Å². The molecule has 2 unspecified atom stereocenters. The van der Waals surface area contributed by atoms with Crippen LogP contribution in [0.15, 0.2) is 54.7 Å². The van der Waals surface area contributed by atoms with Crippen molar-refractivity contribution in [2.75, 3.05) is 25.0 Å². The molecule has 0 bridgehead atoms. The van der Waals surface area contributed by atoms with Gasteiger partial charge in [-0.2, -0.15) is 0 Å². The molecule has 2 heterocycles. The Morgan fingerprint density at radius 2 is 1.91 bits per heavy atom. The number of pyridine rings is 1. The monoisotopic (exact) mass is 436 g/mol. The molecule has 1 fully saturated rings. The third-order valence-corrected chi connectivity index (χ3v) is 5.15. The number of carbonyl (C=O) groups is 1. The lowest BCUT2D eigenvalue weighted by atomic mass is 10.1. The van der Waals surface area contributed by atoms with Gasteiger partial charge in [0.15, 0.2) is 0 Å². The second-order valence-electron chi connectivity index (χ2n) is 7.86. The molecule has 3 aromatic rings. The van der Waals surface area contributed by atoms with Crippen LogP contribution >= 0.6 is 0 Å². The fraction of sp³-hybridized carbons (Fsp3) is 0.304. The van der Waals surface area contributed by atoms with E-state index in [0.717, 1.165) is 0 Å². The molecule has 2 atom stereocenters. The van der Waals surface area contributed by atoms with E-state index < -0.39 is 4.92 Å². The van der Waals surface area contributed by atoms with E-state index in [4.69, 9.17) is 9.47 Å². The summed E-state index contributed by atoms with van der Waals surface area (Å²) in [5, 5.41) is 15.2. The second kappa shape index (κ2) is 9.29. The van der Waals surface area contributed by atoms with Crippen molar-refractivity contribution in [1.82, 2.24) is 9.88 Å². The Labute approximate surface area is 185 Å². The van der Waals surface area contributed by atoms with E-state index in [1.807, 2.05) is 13.8 Å². The lowest BCUT2D eigenvalue weighted by Crippen LogP contribution is -2.48. The molecular weight excluding hydrogens is 412 g/mol. The molecule has 9 nitrogen and oxygen atoms in total. The predicted molar refractivity (Wildman–Crippen MR) is 120 cm³/mol. The summed E-state index contributed by atoms with van der Waals surface area (Å²) < 4.78 is 11.7. The number of ether oxygens (including phenoxy) is 2. The molecule has 166 valence electrons. The number of benzene rings is 2. The fourth-order valence-electron chi connectivity index (χ4n) is 3.97. The number of rotatable bonds is 6. The lowest BCUT2D eigenvalue weighted by molar-refractivity contribution is -0.383. The second-order valence-corrected chi connectivity index (χ2v) is 7.86. The summed E-state index contributed by atoms with van der Waals surface area (Å²) in [5.74, 6) is 1.14. The largest absolute Gasteiger partial charge is 0.457 e. The molecule has 32 heavy (non-hydrogen) atoms. The van der Waals surface area contributed by atoms with Crippen LogP contribution in [0, 0.1) is 10.1 Å². The number of morpholine rings is 1. The van der Waals surface area contributed by atoms with Gasteiger partial charge in [0.2, 0.25) is 5.91 Å². The van der Waals surface area contributed by atoms with E-state index in [-0.39, 0.29) is 30.3 Å². The van der Waals surface area contributed by atoms with Gasteiger partial charge >= 0.3 is 0 Å². The van der Waals surface area contributed by atoms with Gasteiger partial charge in [0.25, 0.3) is 5.69 Å². The molecule has 1 amide bonds. The summed E-state index contributed by atoms with van der Waals surface area (Å²) in [6.07, 6.45) is 1.70. The summed E-state index contributed by atoms with van der Waals surface area (Å²) >= 11 is 0. The Balaban J connectivity index is 1.47. The zero-order valence-electron chi connectivity index (χ0n) is 17.9. The van der Waals surface area contributed by atoms with Crippen LogP contribution in [0.25, 0.3) is 10.8 Å². The minimum Gasteiger partial charge on any atom is -0.457 e. The zero-order chi connectivity index (χ0) is 22.7. The third-order valence-electron chi connectivity index (χ3n) is 5.15. The highest BCUT2D eigenvalue weighted by atomic mass is 16.6. The van der Waals surface area contributed by atoms with Crippen LogP contribution in [0.4, 0.5) is 11.5 Å². The van der Waals surface area contributed by atoms with E-state index in [1.165, 1.54) is 12.3 Å². The van der Waals surface area contributed by atoms with Gasteiger partial charge in [-0.1, -0.05) is 18.2 Å². The minimum absolute atomic E-state index is 0.0161. The minimum atomic E-state index is -0.415. The first-order chi connectivity index (χ1) is 15.4. The SMILES string of the molecule is CC1CN(CC(=O)Nc2cc(Oc3ccc([N+](=O)[O-])c4ccccc34)ccn2)CC(C)O1. The van der Waals surface area contributed by atoms with E-state index in [9.17, 15) is 14.9 Å². The first-order valence-corrected chi connectivity index (χ1v) is 10.4. The number of amides is 1. The quantitative estimate of drug-likeness (QED) is 0.460. The normalized spacial score (nSPS) is 18.9. The predicted octanol–water partition coefficient (Wildman–Crippen LogP) is 3.98. The van der Waals surface area contributed by atoms with E-state index in [2.05, 4.69) is 15.2 Å². The van der Waals surface area contributed by atoms with Crippen LogP contribution in [0.3, 0.4) is 0 Å². The Morgan fingerprint density at radius 1 is 1.19 bits per heavy atom. The van der Waals surface area contributed by atoms with Crippen molar-refractivity contribution in [2.45, 2.75) is 26.1 Å². The van der Waals surface area contributed by atoms with E-state index >= 15 is 0 Å². The lowest BCUT2D eigenvalue weighted by Gasteiger charge is -2.34. The number of anilines is 1. The number of nitrogens with zero attached hydrogens (tertiary/aromatic N) is 3. The van der Waals surface area contributed by atoms with E-state index in [0.29, 0.717) is 41.2 Å². The van der Waals surface area contributed by atoms with Crippen LogP contribution < -0.4 is 10.1 Å². The number of non-ortho nitro benzene ring substituents is 1. The molecule has 4 rings (SSSR count). The van der Waals surface area contributed by atoms with Crippen molar-refractivity contribution in [2.24, 2.45) is 0 Å². The smallest absolute Gasteiger partial charge is 0.277 e. The first kappa shape index (κ1) is 21.7. The number of aromatic nitrogens is 1. The van der Waals surface area contributed by atoms with Crippen LogP contribution in [0.1, 0.15) is 13.8 Å². The topological polar surface area (TPSA) is 107 Å². The molecule has 9 heteroatoms. The van der Waals surface area contributed by atoms with Gasteiger partial charge in [-0.15, -0.1) is 0 Å². The molecule has 0 spiro atoms. The Kier molecular flexibility index (Phi) is 6.29. The fourth-order valence-corrected chi connectivity index (χ4v) is 3.97. The van der Waals surface area contributed by atoms with Crippen LogP contribution in [-0.4, -0.2) is 52.6 Å².